The summed E-state index contributed by atoms with van der Waals surface area (Å²) in [5, 5.41) is 9.91. The summed E-state index contributed by atoms with van der Waals surface area (Å²) in [5.41, 5.74) is 3.93. The fourth-order valence-corrected chi connectivity index (χ4v) is 4.41. The molecule has 0 atom stereocenters. The van der Waals surface area contributed by atoms with Crippen molar-refractivity contribution in [3.05, 3.63) is 60.4 Å². The average molecular weight is 444 g/mol. The molecule has 8 heteroatoms. The molecule has 1 saturated heterocycles. The summed E-state index contributed by atoms with van der Waals surface area (Å²) >= 11 is 0. The Morgan fingerprint density at radius 2 is 1.91 bits per heavy atom. The van der Waals surface area contributed by atoms with Crippen LogP contribution in [0.3, 0.4) is 0 Å². The number of piperidine rings is 1. The molecule has 3 aromatic rings. The van der Waals surface area contributed by atoms with E-state index in [2.05, 4.69) is 54.0 Å². The third-order valence-electron chi connectivity index (χ3n) is 6.25. The van der Waals surface area contributed by atoms with Gasteiger partial charge in [0.05, 0.1) is 12.2 Å². The van der Waals surface area contributed by atoms with E-state index in [0.29, 0.717) is 31.4 Å². The van der Waals surface area contributed by atoms with Crippen molar-refractivity contribution in [2.24, 2.45) is 5.92 Å². The van der Waals surface area contributed by atoms with E-state index in [1.807, 2.05) is 30.5 Å². The molecule has 8 nitrogen and oxygen atoms in total. The highest BCUT2D eigenvalue weighted by molar-refractivity contribution is 5.83. The smallest absolute Gasteiger partial charge is 0.227 e. The third kappa shape index (κ3) is 5.53. The molecule has 8 bridgehead atoms. The van der Waals surface area contributed by atoms with Crippen LogP contribution in [0.2, 0.25) is 0 Å². The third-order valence-corrected chi connectivity index (χ3v) is 6.25. The number of Topliss-reactive ketones (excluding diaryl/α,β-unsaturated/α-hetero) is 1. The Bertz CT molecular complexity index is 1090. The zero-order chi connectivity index (χ0) is 22.5. The van der Waals surface area contributed by atoms with Gasteiger partial charge in [-0.15, -0.1) is 0 Å². The van der Waals surface area contributed by atoms with Crippen LogP contribution in [0.4, 0.5) is 17.5 Å². The summed E-state index contributed by atoms with van der Waals surface area (Å²) < 4.78 is 0. The molecule has 8 rings (SSSR count). The van der Waals surface area contributed by atoms with Gasteiger partial charge in [-0.3, -0.25) is 9.69 Å². The lowest BCUT2D eigenvalue weighted by molar-refractivity contribution is -0.123. The van der Waals surface area contributed by atoms with Crippen LogP contribution in [-0.4, -0.2) is 58.4 Å². The van der Waals surface area contributed by atoms with Crippen LogP contribution in [0, 0.1) is 5.92 Å². The van der Waals surface area contributed by atoms with Gasteiger partial charge in [0.25, 0.3) is 0 Å². The molecule has 33 heavy (non-hydrogen) atoms. The van der Waals surface area contributed by atoms with Crippen LogP contribution in [0.1, 0.15) is 18.4 Å². The molecule has 1 fully saturated rings. The second-order valence-electron chi connectivity index (χ2n) is 8.64. The second-order valence-corrected chi connectivity index (χ2v) is 8.64. The van der Waals surface area contributed by atoms with Gasteiger partial charge in [0.15, 0.2) is 0 Å². The van der Waals surface area contributed by atoms with Crippen molar-refractivity contribution in [3.63, 3.8) is 0 Å². The Hall–Kier alpha value is -3.36. The molecule has 0 spiro atoms. The summed E-state index contributed by atoms with van der Waals surface area (Å²) in [5.74, 6) is 1.84. The van der Waals surface area contributed by atoms with Crippen LogP contribution in [0.25, 0.3) is 11.3 Å². The summed E-state index contributed by atoms with van der Waals surface area (Å²) in [4.78, 5) is 28.6. The Morgan fingerprint density at radius 1 is 1.00 bits per heavy atom. The number of benzene rings is 1. The summed E-state index contributed by atoms with van der Waals surface area (Å²) in [6.07, 6.45) is 5.42. The number of nitrogens with one attached hydrogen (secondary N) is 3. The van der Waals surface area contributed by atoms with E-state index in [9.17, 15) is 4.79 Å². The van der Waals surface area contributed by atoms with Gasteiger partial charge in [0.1, 0.15) is 11.6 Å². The molecule has 0 saturated carbocycles. The minimum Gasteiger partial charge on any atom is -0.369 e. The van der Waals surface area contributed by atoms with Crippen LogP contribution in [0.15, 0.2) is 54.9 Å². The Morgan fingerprint density at radius 3 is 2.76 bits per heavy atom. The number of pyridine rings is 1. The van der Waals surface area contributed by atoms with Crippen molar-refractivity contribution in [1.29, 1.82) is 0 Å². The summed E-state index contributed by atoms with van der Waals surface area (Å²) in [6, 6.07) is 14.2. The fourth-order valence-electron chi connectivity index (χ4n) is 4.41. The first-order chi connectivity index (χ1) is 16.2. The number of anilines is 3. The zero-order valence-electron chi connectivity index (χ0n) is 18.6. The number of nitrogens with zero attached hydrogens (tertiary/aromatic N) is 4. The second kappa shape index (κ2) is 10.1. The minimum absolute atomic E-state index is 0.159. The van der Waals surface area contributed by atoms with E-state index in [0.717, 1.165) is 55.2 Å². The Kier molecular flexibility index (Phi) is 6.55. The average Bonchev–Trinajstić information content (AvgIpc) is 2.84. The highest BCUT2D eigenvalue weighted by Crippen LogP contribution is 2.23. The van der Waals surface area contributed by atoms with Gasteiger partial charge >= 0.3 is 0 Å². The van der Waals surface area contributed by atoms with Crippen LogP contribution < -0.4 is 16.0 Å². The molecule has 0 amide bonds. The van der Waals surface area contributed by atoms with E-state index in [4.69, 9.17) is 0 Å². The molecule has 1 aromatic carbocycles. The molecule has 7 heterocycles. The predicted molar refractivity (Wildman–Crippen MR) is 129 cm³/mol. The molecule has 0 aliphatic carbocycles. The quantitative estimate of drug-likeness (QED) is 0.488. The zero-order valence-corrected chi connectivity index (χ0v) is 18.6. The maximum absolute atomic E-state index is 12.6. The highest BCUT2D eigenvalue weighted by atomic mass is 16.1. The number of hydrogen-bond donors (Lipinski definition) is 3. The van der Waals surface area contributed by atoms with E-state index in [1.165, 1.54) is 5.56 Å². The van der Waals surface area contributed by atoms with Gasteiger partial charge in [-0.25, -0.2) is 15.0 Å². The number of ketones is 1. The Labute approximate surface area is 193 Å². The molecule has 0 radical (unpaired) electrons. The first-order valence-corrected chi connectivity index (χ1v) is 11.6. The number of hydrogen-bond acceptors (Lipinski definition) is 8. The molecule has 3 N–H and O–H groups in total. The summed E-state index contributed by atoms with van der Waals surface area (Å²) in [7, 11) is 0. The van der Waals surface area contributed by atoms with Crippen LogP contribution in [-0.2, 0) is 11.3 Å². The number of carbonyl (C=O) groups excluding carboxylic acids is 1. The molecule has 2 aromatic heterocycles. The van der Waals surface area contributed by atoms with Crippen molar-refractivity contribution >= 4 is 23.2 Å². The number of aromatic nitrogens is 3. The van der Waals surface area contributed by atoms with Crippen molar-refractivity contribution in [1.82, 2.24) is 25.2 Å². The normalized spacial score (nSPS) is 21.4. The minimum atomic E-state index is 0.159. The van der Waals surface area contributed by atoms with Gasteiger partial charge < -0.3 is 16.0 Å². The van der Waals surface area contributed by atoms with Crippen molar-refractivity contribution in [2.45, 2.75) is 19.4 Å². The first kappa shape index (κ1) is 21.5. The lowest BCUT2D eigenvalue weighted by Gasteiger charge is -2.31. The lowest BCUT2D eigenvalue weighted by atomic mass is 9.92. The molecule has 5 aliphatic rings. The largest absolute Gasteiger partial charge is 0.369 e. The lowest BCUT2D eigenvalue weighted by Crippen LogP contribution is -2.39. The van der Waals surface area contributed by atoms with Gasteiger partial charge in [-0.1, -0.05) is 12.1 Å². The van der Waals surface area contributed by atoms with Crippen molar-refractivity contribution < 1.29 is 4.79 Å². The SMILES string of the molecule is O=C1CNCCNc2ccc(cn2)-c2ccnc(n2)Nc2cccc(c2)CN2CCC1CC2. The summed E-state index contributed by atoms with van der Waals surface area (Å²) in [6.45, 7) is 4.62. The van der Waals surface area contributed by atoms with Crippen LogP contribution in [0.5, 0.6) is 0 Å². The molecule has 0 unspecified atom stereocenters. The molecule has 5 aliphatic heterocycles. The topological polar surface area (TPSA) is 95.1 Å². The van der Waals surface area contributed by atoms with Gasteiger partial charge in [-0.05, 0) is 61.8 Å². The van der Waals surface area contributed by atoms with Crippen molar-refractivity contribution in [2.75, 3.05) is 43.4 Å². The number of carbonyl (C=O) groups is 1. The van der Waals surface area contributed by atoms with E-state index < -0.39 is 0 Å². The van der Waals surface area contributed by atoms with Gasteiger partial charge in [0.2, 0.25) is 5.95 Å². The molecular formula is C25H29N7O. The van der Waals surface area contributed by atoms with Gasteiger partial charge in [0, 0.05) is 49.2 Å². The van der Waals surface area contributed by atoms with Crippen LogP contribution >= 0.6 is 0 Å². The van der Waals surface area contributed by atoms with E-state index in [-0.39, 0.29) is 5.92 Å². The fraction of sp³-hybridized carbons (Fsp3) is 0.360. The number of rotatable bonds is 0. The highest BCUT2D eigenvalue weighted by Gasteiger charge is 2.24. The predicted octanol–water partition coefficient (Wildman–Crippen LogP) is 3.08. The molecular weight excluding hydrogens is 414 g/mol. The molecule has 170 valence electrons. The van der Waals surface area contributed by atoms with E-state index >= 15 is 0 Å². The first-order valence-electron chi connectivity index (χ1n) is 11.6. The Balaban J connectivity index is 1.38. The van der Waals surface area contributed by atoms with Crippen molar-refractivity contribution in [3.8, 4) is 11.3 Å². The van der Waals surface area contributed by atoms with Gasteiger partial charge in [-0.2, -0.15) is 0 Å². The van der Waals surface area contributed by atoms with E-state index in [1.54, 1.807) is 6.20 Å². The standard InChI is InChI=1S/C25H29N7O/c33-23-16-26-10-11-27-24-5-4-20(15-29-24)22-6-9-28-25(31-22)30-21-3-1-2-18(14-21)17-32-12-7-19(23)8-13-32/h1-6,9,14-15,19,26H,7-8,10-13,16-17H2,(H,27,29)(H,28,30,31). The maximum atomic E-state index is 12.6. The maximum Gasteiger partial charge on any atom is 0.227 e. The monoisotopic (exact) mass is 443 g/mol.